The predicted molar refractivity (Wildman–Crippen MR) is 111 cm³/mol. The summed E-state index contributed by atoms with van der Waals surface area (Å²) in [7, 11) is 0. The molecule has 144 valence electrons. The Hall–Kier alpha value is -2.13. The Labute approximate surface area is 163 Å². The molecule has 0 amide bonds. The van der Waals surface area contributed by atoms with E-state index >= 15 is 0 Å². The summed E-state index contributed by atoms with van der Waals surface area (Å²) < 4.78 is 5.66. The first kappa shape index (κ1) is 19.6. The molecule has 3 rings (SSSR count). The van der Waals surface area contributed by atoms with E-state index in [2.05, 4.69) is 24.0 Å². The van der Waals surface area contributed by atoms with Crippen molar-refractivity contribution in [3.63, 3.8) is 0 Å². The van der Waals surface area contributed by atoms with Crippen LogP contribution in [0.2, 0.25) is 0 Å². The number of likely N-dealkylation sites (N-methyl/N-ethyl adjacent to an activating group) is 1. The van der Waals surface area contributed by atoms with Crippen LogP contribution in [0, 0.1) is 0 Å². The van der Waals surface area contributed by atoms with Crippen LogP contribution in [0.15, 0.2) is 54.6 Å². The first-order valence-electron chi connectivity index (χ1n) is 10.3. The van der Waals surface area contributed by atoms with Crippen LogP contribution < -0.4 is 4.74 Å². The van der Waals surface area contributed by atoms with Gasteiger partial charge in [0, 0.05) is 18.2 Å². The van der Waals surface area contributed by atoms with Crippen LogP contribution >= 0.6 is 0 Å². The molecule has 3 heteroatoms. The van der Waals surface area contributed by atoms with Crippen LogP contribution in [0.4, 0.5) is 0 Å². The number of hydrogen-bond acceptors (Lipinski definition) is 3. The Balaban J connectivity index is 1.46. The van der Waals surface area contributed by atoms with Crippen molar-refractivity contribution >= 4 is 5.78 Å². The number of ether oxygens (including phenoxy) is 1. The summed E-state index contributed by atoms with van der Waals surface area (Å²) in [6.45, 7) is 4.60. The minimum absolute atomic E-state index is 0.00532. The van der Waals surface area contributed by atoms with E-state index in [4.69, 9.17) is 4.74 Å². The van der Waals surface area contributed by atoms with Gasteiger partial charge in [-0.3, -0.25) is 4.79 Å². The van der Waals surface area contributed by atoms with Crippen LogP contribution in [0.5, 0.6) is 5.75 Å². The van der Waals surface area contributed by atoms with E-state index in [9.17, 15) is 4.79 Å². The summed E-state index contributed by atoms with van der Waals surface area (Å²) in [5.41, 5.74) is 2.02. The number of carbonyl (C=O) groups excluding carboxylic acids is 1. The van der Waals surface area contributed by atoms with Crippen molar-refractivity contribution in [1.29, 1.82) is 0 Å². The molecule has 2 aromatic carbocycles. The van der Waals surface area contributed by atoms with E-state index in [1.165, 1.54) is 37.7 Å². The minimum atomic E-state index is 0.00532. The van der Waals surface area contributed by atoms with Crippen molar-refractivity contribution in [1.82, 2.24) is 4.90 Å². The summed E-state index contributed by atoms with van der Waals surface area (Å²) in [6.07, 6.45) is 7.95. The van der Waals surface area contributed by atoms with Crippen molar-refractivity contribution in [2.45, 2.75) is 51.5 Å². The van der Waals surface area contributed by atoms with Gasteiger partial charge in [-0.25, -0.2) is 0 Å². The molecule has 0 unspecified atom stereocenters. The molecule has 1 aliphatic carbocycles. The van der Waals surface area contributed by atoms with Gasteiger partial charge < -0.3 is 9.64 Å². The molecule has 0 saturated heterocycles. The van der Waals surface area contributed by atoms with E-state index in [0.717, 1.165) is 31.3 Å². The van der Waals surface area contributed by atoms with Crippen molar-refractivity contribution in [2.24, 2.45) is 0 Å². The summed E-state index contributed by atoms with van der Waals surface area (Å²) >= 11 is 0. The molecule has 0 atom stereocenters. The van der Waals surface area contributed by atoms with Gasteiger partial charge in [-0.2, -0.15) is 0 Å². The molecule has 0 aromatic heterocycles. The van der Waals surface area contributed by atoms with Gasteiger partial charge in [-0.15, -0.1) is 0 Å². The van der Waals surface area contributed by atoms with Crippen LogP contribution in [-0.2, 0) is 6.42 Å². The number of benzene rings is 2. The van der Waals surface area contributed by atoms with Crippen molar-refractivity contribution in [2.75, 3.05) is 19.7 Å². The zero-order chi connectivity index (χ0) is 18.9. The maximum absolute atomic E-state index is 12.1. The van der Waals surface area contributed by atoms with Crippen LogP contribution in [0.1, 0.15) is 54.9 Å². The molecule has 1 aliphatic rings. The topological polar surface area (TPSA) is 29.5 Å². The molecule has 0 aliphatic heterocycles. The average Bonchev–Trinajstić information content (AvgIpc) is 2.74. The summed E-state index contributed by atoms with van der Waals surface area (Å²) in [4.78, 5) is 14.8. The number of hydrogen-bond donors (Lipinski definition) is 0. The highest BCUT2D eigenvalue weighted by molar-refractivity contribution is 5.97. The molecular formula is C24H31NO2. The zero-order valence-electron chi connectivity index (χ0n) is 16.4. The number of carbonyl (C=O) groups is 1. The molecule has 0 spiro atoms. The lowest BCUT2D eigenvalue weighted by atomic mass is 9.94. The zero-order valence-corrected chi connectivity index (χ0v) is 16.4. The fourth-order valence-electron chi connectivity index (χ4n) is 3.93. The van der Waals surface area contributed by atoms with Crippen LogP contribution in [-0.4, -0.2) is 36.4 Å². The number of Topliss-reactive ketones (excluding diaryl/α,β-unsaturated/α-hetero) is 1. The van der Waals surface area contributed by atoms with Crippen molar-refractivity contribution in [3.8, 4) is 5.75 Å². The second-order valence-corrected chi connectivity index (χ2v) is 7.39. The molecule has 2 aromatic rings. The Kier molecular flexibility index (Phi) is 7.46. The van der Waals surface area contributed by atoms with Gasteiger partial charge in [-0.1, -0.05) is 68.7 Å². The quantitative estimate of drug-likeness (QED) is 0.576. The van der Waals surface area contributed by atoms with Gasteiger partial charge in [-0.05, 0) is 43.5 Å². The molecule has 27 heavy (non-hydrogen) atoms. The minimum Gasteiger partial charge on any atom is -0.485 e. The fourth-order valence-corrected chi connectivity index (χ4v) is 3.93. The van der Waals surface area contributed by atoms with Gasteiger partial charge in [0.2, 0.25) is 0 Å². The van der Waals surface area contributed by atoms with E-state index in [1.807, 2.05) is 42.5 Å². The maximum Gasteiger partial charge on any atom is 0.200 e. The molecule has 3 nitrogen and oxygen atoms in total. The fraction of sp³-hybridized carbons (Fsp3) is 0.458. The highest BCUT2D eigenvalue weighted by atomic mass is 16.5. The van der Waals surface area contributed by atoms with Crippen LogP contribution in [0.3, 0.4) is 0 Å². The number of ketones is 1. The molecular weight excluding hydrogens is 334 g/mol. The third-order valence-corrected chi connectivity index (χ3v) is 5.57. The van der Waals surface area contributed by atoms with E-state index in [-0.39, 0.29) is 12.4 Å². The van der Waals surface area contributed by atoms with Crippen molar-refractivity contribution in [3.05, 3.63) is 65.7 Å². The largest absolute Gasteiger partial charge is 0.485 e. The molecule has 0 bridgehead atoms. The van der Waals surface area contributed by atoms with E-state index in [1.54, 1.807) is 0 Å². The molecule has 1 fully saturated rings. The Morgan fingerprint density at radius 2 is 1.70 bits per heavy atom. The highest BCUT2D eigenvalue weighted by Gasteiger charge is 2.19. The third kappa shape index (κ3) is 5.93. The van der Waals surface area contributed by atoms with Crippen LogP contribution in [0.25, 0.3) is 0 Å². The second-order valence-electron chi connectivity index (χ2n) is 7.39. The van der Waals surface area contributed by atoms with Crippen molar-refractivity contribution < 1.29 is 9.53 Å². The number of rotatable bonds is 9. The summed E-state index contributed by atoms with van der Waals surface area (Å²) in [5, 5.41) is 0. The standard InChI is InChI=1S/C24H31NO2/c1-2-25(22-11-7-4-8-12-22)18-17-20-13-15-23(16-14-20)27-19-24(26)21-9-5-3-6-10-21/h3,5-6,9-10,13-16,22H,2,4,7-8,11-12,17-19H2,1H3. The Morgan fingerprint density at radius 1 is 1.00 bits per heavy atom. The van der Waals surface area contributed by atoms with Gasteiger partial charge >= 0.3 is 0 Å². The normalized spacial score (nSPS) is 15.0. The second kappa shape index (κ2) is 10.3. The van der Waals surface area contributed by atoms with Gasteiger partial charge in [0.25, 0.3) is 0 Å². The molecule has 1 saturated carbocycles. The lowest BCUT2D eigenvalue weighted by molar-refractivity contribution is 0.0921. The first-order valence-corrected chi connectivity index (χ1v) is 10.3. The predicted octanol–water partition coefficient (Wildman–Crippen LogP) is 5.15. The van der Waals surface area contributed by atoms with Gasteiger partial charge in [0.15, 0.2) is 12.4 Å². The van der Waals surface area contributed by atoms with E-state index < -0.39 is 0 Å². The number of nitrogens with zero attached hydrogens (tertiary/aromatic N) is 1. The average molecular weight is 366 g/mol. The SMILES string of the molecule is CCN(CCc1ccc(OCC(=O)c2ccccc2)cc1)C1CCCCC1. The highest BCUT2D eigenvalue weighted by Crippen LogP contribution is 2.23. The summed E-state index contributed by atoms with van der Waals surface area (Å²) in [6, 6.07) is 18.3. The summed E-state index contributed by atoms with van der Waals surface area (Å²) in [5.74, 6) is 0.758. The van der Waals surface area contributed by atoms with Gasteiger partial charge in [0.1, 0.15) is 5.75 Å². The lowest BCUT2D eigenvalue weighted by Gasteiger charge is -2.33. The van der Waals surface area contributed by atoms with E-state index in [0.29, 0.717) is 5.56 Å². The molecule has 0 heterocycles. The Bertz CT molecular complexity index is 690. The molecule has 0 radical (unpaired) electrons. The first-order chi connectivity index (χ1) is 13.3. The van der Waals surface area contributed by atoms with Gasteiger partial charge in [0.05, 0.1) is 0 Å². The Morgan fingerprint density at radius 3 is 2.37 bits per heavy atom. The third-order valence-electron chi connectivity index (χ3n) is 5.57. The maximum atomic E-state index is 12.1. The lowest BCUT2D eigenvalue weighted by Crippen LogP contribution is -2.38. The molecule has 0 N–H and O–H groups in total. The monoisotopic (exact) mass is 365 g/mol. The smallest absolute Gasteiger partial charge is 0.200 e.